The third kappa shape index (κ3) is 2.46. The molecule has 0 spiro atoms. The molecule has 1 aliphatic heterocycles. The maximum absolute atomic E-state index is 11.7. The molecule has 0 fully saturated rings. The molecule has 6 nitrogen and oxygen atoms in total. The highest BCUT2D eigenvalue weighted by Crippen LogP contribution is 2.49. The first-order chi connectivity index (χ1) is 12.9. The van der Waals surface area contributed by atoms with Gasteiger partial charge in [0.25, 0.3) is 0 Å². The number of fused-ring (bicyclic) bond motifs is 4. The van der Waals surface area contributed by atoms with Crippen molar-refractivity contribution < 1.29 is 13.5 Å². The van der Waals surface area contributed by atoms with Crippen molar-refractivity contribution in [2.45, 2.75) is 29.9 Å². The van der Waals surface area contributed by atoms with Gasteiger partial charge in [-0.1, -0.05) is 30.3 Å². The Kier molecular flexibility index (Phi) is 3.56. The molecule has 0 saturated heterocycles. The van der Waals surface area contributed by atoms with Crippen molar-refractivity contribution in [2.75, 3.05) is 0 Å². The van der Waals surface area contributed by atoms with Crippen LogP contribution in [-0.4, -0.2) is 23.1 Å². The number of aryl methyl sites for hydroxylation is 1. The highest BCUT2D eigenvalue weighted by molar-refractivity contribution is 7.89. The molecule has 0 amide bonds. The number of sulfonamides is 1. The van der Waals surface area contributed by atoms with Gasteiger partial charge in [0.15, 0.2) is 0 Å². The number of benzene rings is 2. The zero-order valence-electron chi connectivity index (χ0n) is 14.5. The Morgan fingerprint density at radius 2 is 1.96 bits per heavy atom. The Labute approximate surface area is 157 Å². The number of imidazole rings is 1. The summed E-state index contributed by atoms with van der Waals surface area (Å²) in [5.41, 5.74) is 4.99. The van der Waals surface area contributed by atoms with Crippen LogP contribution in [0.3, 0.4) is 0 Å². The number of hydrogen-bond acceptors (Lipinski definition) is 4. The standard InChI is InChI=1S/C20H19N3O3S/c21-27(25,26)13-7-5-12-6-8-16(20(24)17(12)9-13)19-15-4-2-1-3-14(15)18-10-22-11-23(18)19/h1-5,7,9-11,16,19-20,24H,6,8H2,(H2,21,25,26)/t16-,19-,20+/m1/s1. The minimum absolute atomic E-state index is 0.0278. The van der Waals surface area contributed by atoms with E-state index in [1.54, 1.807) is 6.07 Å². The van der Waals surface area contributed by atoms with Crippen LogP contribution in [0.25, 0.3) is 11.3 Å². The lowest BCUT2D eigenvalue weighted by atomic mass is 9.76. The van der Waals surface area contributed by atoms with E-state index in [2.05, 4.69) is 21.7 Å². The van der Waals surface area contributed by atoms with Gasteiger partial charge in [-0.3, -0.25) is 0 Å². The Morgan fingerprint density at radius 3 is 2.78 bits per heavy atom. The van der Waals surface area contributed by atoms with Crippen molar-refractivity contribution in [3.8, 4) is 11.3 Å². The fourth-order valence-corrected chi connectivity index (χ4v) is 5.15. The fourth-order valence-electron chi connectivity index (χ4n) is 4.60. The average Bonchev–Trinajstić information content (AvgIpc) is 3.23. The summed E-state index contributed by atoms with van der Waals surface area (Å²) in [6.45, 7) is 0. The summed E-state index contributed by atoms with van der Waals surface area (Å²) in [6.07, 6.45) is 4.47. The zero-order chi connectivity index (χ0) is 18.8. The molecule has 3 atom stereocenters. The van der Waals surface area contributed by atoms with Crippen LogP contribution in [0, 0.1) is 5.92 Å². The predicted octanol–water partition coefficient (Wildman–Crippen LogP) is 2.40. The summed E-state index contributed by atoms with van der Waals surface area (Å²) >= 11 is 0. The zero-order valence-corrected chi connectivity index (χ0v) is 15.3. The number of aliphatic hydroxyl groups is 1. The number of nitrogens with zero attached hydrogens (tertiary/aromatic N) is 2. The third-order valence-electron chi connectivity index (χ3n) is 5.84. The van der Waals surface area contributed by atoms with Crippen molar-refractivity contribution in [1.82, 2.24) is 9.55 Å². The van der Waals surface area contributed by atoms with Crippen LogP contribution in [-0.2, 0) is 16.4 Å². The quantitative estimate of drug-likeness (QED) is 0.712. The Bertz CT molecular complexity index is 1150. The summed E-state index contributed by atoms with van der Waals surface area (Å²) in [6, 6.07) is 13.0. The summed E-state index contributed by atoms with van der Waals surface area (Å²) < 4.78 is 25.6. The van der Waals surface area contributed by atoms with Crippen molar-refractivity contribution in [3.05, 3.63) is 71.7 Å². The summed E-state index contributed by atoms with van der Waals surface area (Å²) in [7, 11) is -3.81. The van der Waals surface area contributed by atoms with E-state index in [0.717, 1.165) is 29.7 Å². The summed E-state index contributed by atoms with van der Waals surface area (Å²) in [5, 5.41) is 16.5. The van der Waals surface area contributed by atoms with Gasteiger partial charge >= 0.3 is 0 Å². The van der Waals surface area contributed by atoms with Gasteiger partial charge in [0.05, 0.1) is 35.3 Å². The first-order valence-electron chi connectivity index (χ1n) is 8.90. The molecule has 0 bridgehead atoms. The number of aliphatic hydroxyl groups excluding tert-OH is 1. The van der Waals surface area contributed by atoms with Crippen LogP contribution >= 0.6 is 0 Å². The molecular formula is C20H19N3O3S. The first kappa shape index (κ1) is 16.7. The van der Waals surface area contributed by atoms with Crippen molar-refractivity contribution >= 4 is 10.0 Å². The Balaban J connectivity index is 1.61. The number of hydrogen-bond donors (Lipinski definition) is 2. The van der Waals surface area contributed by atoms with E-state index in [1.807, 2.05) is 24.7 Å². The van der Waals surface area contributed by atoms with Gasteiger partial charge in [-0.25, -0.2) is 18.5 Å². The van der Waals surface area contributed by atoms with E-state index in [1.165, 1.54) is 17.7 Å². The van der Waals surface area contributed by atoms with Gasteiger partial charge in [0.1, 0.15) is 0 Å². The maximum atomic E-state index is 11.7. The Morgan fingerprint density at radius 1 is 1.15 bits per heavy atom. The average molecular weight is 381 g/mol. The summed E-state index contributed by atoms with van der Waals surface area (Å²) in [5.74, 6) is -0.0789. The minimum Gasteiger partial charge on any atom is -0.388 e. The molecule has 3 aromatic rings. The lowest BCUT2D eigenvalue weighted by Gasteiger charge is -2.35. The molecule has 2 aromatic carbocycles. The Hall–Kier alpha value is -2.48. The van der Waals surface area contributed by atoms with Crippen LogP contribution in [0.1, 0.15) is 35.3 Å². The molecule has 1 aromatic heterocycles. The summed E-state index contributed by atoms with van der Waals surface area (Å²) in [4.78, 5) is 4.33. The lowest BCUT2D eigenvalue weighted by molar-refractivity contribution is 0.0718. The normalized spacial score (nSPS) is 23.6. The van der Waals surface area contributed by atoms with E-state index in [0.29, 0.717) is 5.56 Å². The molecule has 0 unspecified atom stereocenters. The van der Waals surface area contributed by atoms with Gasteiger partial charge in [-0.15, -0.1) is 0 Å². The largest absolute Gasteiger partial charge is 0.388 e. The van der Waals surface area contributed by atoms with Crippen molar-refractivity contribution in [1.29, 1.82) is 0 Å². The molecule has 1 aliphatic carbocycles. The SMILES string of the molecule is NS(=O)(=O)c1ccc2c(c1)[C@@H](O)[C@@H]([C@H]1c3ccccc3-c3cncn31)CC2. The minimum atomic E-state index is -3.81. The second-order valence-electron chi connectivity index (χ2n) is 7.27. The highest BCUT2D eigenvalue weighted by atomic mass is 32.2. The second-order valence-corrected chi connectivity index (χ2v) is 8.83. The fraction of sp³-hybridized carbons (Fsp3) is 0.250. The molecule has 7 heteroatoms. The second kappa shape index (κ2) is 5.76. The van der Waals surface area contributed by atoms with E-state index >= 15 is 0 Å². The third-order valence-corrected chi connectivity index (χ3v) is 6.75. The van der Waals surface area contributed by atoms with Gasteiger partial charge < -0.3 is 9.67 Å². The molecule has 2 aliphatic rings. The molecule has 5 rings (SSSR count). The molecule has 2 heterocycles. The van der Waals surface area contributed by atoms with E-state index < -0.39 is 16.1 Å². The molecular weight excluding hydrogens is 362 g/mol. The van der Waals surface area contributed by atoms with Crippen LogP contribution in [0.2, 0.25) is 0 Å². The number of rotatable bonds is 2. The van der Waals surface area contributed by atoms with E-state index in [-0.39, 0.29) is 16.9 Å². The van der Waals surface area contributed by atoms with Crippen molar-refractivity contribution in [3.63, 3.8) is 0 Å². The maximum Gasteiger partial charge on any atom is 0.238 e. The van der Waals surface area contributed by atoms with Crippen LogP contribution < -0.4 is 5.14 Å². The monoisotopic (exact) mass is 381 g/mol. The highest BCUT2D eigenvalue weighted by Gasteiger charge is 2.40. The van der Waals surface area contributed by atoms with Crippen LogP contribution in [0.5, 0.6) is 0 Å². The molecule has 0 radical (unpaired) electrons. The first-order valence-corrected chi connectivity index (χ1v) is 10.4. The topological polar surface area (TPSA) is 98.2 Å². The van der Waals surface area contributed by atoms with Crippen LogP contribution in [0.15, 0.2) is 59.9 Å². The molecule has 27 heavy (non-hydrogen) atoms. The molecule has 138 valence electrons. The van der Waals surface area contributed by atoms with Crippen LogP contribution in [0.4, 0.5) is 0 Å². The van der Waals surface area contributed by atoms with Gasteiger partial charge in [0, 0.05) is 11.5 Å². The smallest absolute Gasteiger partial charge is 0.238 e. The number of nitrogens with two attached hydrogens (primary N) is 1. The molecule has 3 N–H and O–H groups in total. The van der Waals surface area contributed by atoms with E-state index in [4.69, 9.17) is 5.14 Å². The van der Waals surface area contributed by atoms with E-state index in [9.17, 15) is 13.5 Å². The number of aromatic nitrogens is 2. The van der Waals surface area contributed by atoms with Gasteiger partial charge in [-0.2, -0.15) is 0 Å². The van der Waals surface area contributed by atoms with Gasteiger partial charge in [-0.05, 0) is 41.7 Å². The van der Waals surface area contributed by atoms with Gasteiger partial charge in [0.2, 0.25) is 10.0 Å². The molecule has 0 saturated carbocycles. The number of primary sulfonamides is 1. The lowest BCUT2D eigenvalue weighted by Crippen LogP contribution is -2.29. The van der Waals surface area contributed by atoms with Crippen molar-refractivity contribution in [2.24, 2.45) is 11.1 Å². The predicted molar refractivity (Wildman–Crippen MR) is 100 cm³/mol.